The van der Waals surface area contributed by atoms with E-state index in [1.807, 2.05) is 12.1 Å². The van der Waals surface area contributed by atoms with Gasteiger partial charge in [0.05, 0.1) is 33.7 Å². The molecule has 0 saturated heterocycles. The summed E-state index contributed by atoms with van der Waals surface area (Å²) in [7, 11) is 0. The number of allylic oxidation sites excluding steroid dienone is 1. The van der Waals surface area contributed by atoms with Gasteiger partial charge in [-0.3, -0.25) is 9.36 Å². The first-order valence-electron chi connectivity index (χ1n) is 8.94. The third-order valence-corrected chi connectivity index (χ3v) is 7.00. The Kier molecular flexibility index (Phi) is 5.87. The van der Waals surface area contributed by atoms with Crippen LogP contribution >= 0.6 is 43.2 Å². The van der Waals surface area contributed by atoms with E-state index in [2.05, 4.69) is 31.9 Å². The quantitative estimate of drug-likeness (QED) is 0.504. The third kappa shape index (κ3) is 3.61. The van der Waals surface area contributed by atoms with Crippen molar-refractivity contribution in [3.05, 3.63) is 93.2 Å². The monoisotopic (exact) mass is 574 g/mol. The summed E-state index contributed by atoms with van der Waals surface area (Å²) in [6, 6.07) is 12.4. The van der Waals surface area contributed by atoms with E-state index in [-0.39, 0.29) is 37.3 Å². The highest BCUT2D eigenvalue weighted by atomic mass is 79.9. The molecule has 158 valence electrons. The lowest BCUT2D eigenvalue weighted by molar-refractivity contribution is 0.608. The van der Waals surface area contributed by atoms with Gasteiger partial charge in [-0.1, -0.05) is 31.9 Å². The van der Waals surface area contributed by atoms with Crippen LogP contribution in [0, 0.1) is 34.3 Å². The highest BCUT2D eigenvalue weighted by Gasteiger charge is 2.33. The summed E-state index contributed by atoms with van der Waals surface area (Å²) >= 11 is 7.46. The fraction of sp³-hybridized carbons (Fsp3) is 0.0455. The molecule has 0 aliphatic carbocycles. The average Bonchev–Trinajstić information content (AvgIpc) is 3.08. The third-order valence-electron chi connectivity index (χ3n) is 4.90. The van der Waals surface area contributed by atoms with E-state index in [4.69, 9.17) is 5.73 Å². The number of halogens is 4. The molecule has 2 aromatic carbocycles. The molecular formula is C22H10Br2F2N4OS. The SMILES string of the molecule is N#CC1=C(N)n2c(s/c(=C/c3cc(Br)ccc3F)c2=O)=C(C#N)[C@@H]1c1cc(Br)ccc1F. The summed E-state index contributed by atoms with van der Waals surface area (Å²) in [5.74, 6) is -2.44. The van der Waals surface area contributed by atoms with Gasteiger partial charge < -0.3 is 5.73 Å². The van der Waals surface area contributed by atoms with Crippen LogP contribution in [-0.4, -0.2) is 4.57 Å². The van der Waals surface area contributed by atoms with E-state index in [0.29, 0.717) is 8.95 Å². The number of thiazole rings is 1. The highest BCUT2D eigenvalue weighted by Crippen LogP contribution is 2.37. The van der Waals surface area contributed by atoms with Gasteiger partial charge in [-0.05, 0) is 42.5 Å². The minimum Gasteiger partial charge on any atom is -0.384 e. The van der Waals surface area contributed by atoms with Crippen molar-refractivity contribution >= 4 is 60.7 Å². The normalized spacial score (nSPS) is 16.0. The second kappa shape index (κ2) is 8.47. The van der Waals surface area contributed by atoms with Gasteiger partial charge in [0, 0.05) is 20.1 Å². The van der Waals surface area contributed by atoms with Crippen molar-refractivity contribution in [3.8, 4) is 12.1 Å². The number of nitrogens with two attached hydrogens (primary N) is 1. The molecule has 1 aliphatic heterocycles. The van der Waals surface area contributed by atoms with E-state index < -0.39 is 23.1 Å². The van der Waals surface area contributed by atoms with Crippen molar-refractivity contribution < 1.29 is 8.78 Å². The summed E-state index contributed by atoms with van der Waals surface area (Å²) < 4.78 is 31.4. The largest absolute Gasteiger partial charge is 0.384 e. The number of rotatable bonds is 2. The number of nitrogens with zero attached hydrogens (tertiary/aromatic N) is 3. The number of aromatic nitrogens is 1. The van der Waals surface area contributed by atoms with Crippen molar-refractivity contribution in [2.75, 3.05) is 0 Å². The molecule has 1 aromatic heterocycles. The summed E-state index contributed by atoms with van der Waals surface area (Å²) in [5, 5.41) is 19.7. The lowest BCUT2D eigenvalue weighted by Gasteiger charge is -2.22. The first-order chi connectivity index (χ1) is 15.3. The summed E-state index contributed by atoms with van der Waals surface area (Å²) in [5.41, 5.74) is 5.69. The lowest BCUT2D eigenvalue weighted by Crippen LogP contribution is -2.38. The van der Waals surface area contributed by atoms with Crippen LogP contribution in [0.2, 0.25) is 0 Å². The van der Waals surface area contributed by atoms with E-state index in [1.165, 1.54) is 42.5 Å². The first kappa shape index (κ1) is 22.2. The molecule has 0 spiro atoms. The van der Waals surface area contributed by atoms with E-state index >= 15 is 0 Å². The molecule has 2 N–H and O–H groups in total. The molecule has 32 heavy (non-hydrogen) atoms. The van der Waals surface area contributed by atoms with Gasteiger partial charge in [0.2, 0.25) is 0 Å². The smallest absolute Gasteiger partial charge is 0.274 e. The number of fused-ring (bicyclic) bond motifs is 1. The van der Waals surface area contributed by atoms with E-state index in [0.717, 1.165) is 15.9 Å². The molecule has 0 unspecified atom stereocenters. The Morgan fingerprint density at radius 2 is 1.66 bits per heavy atom. The van der Waals surface area contributed by atoms with Crippen molar-refractivity contribution in [1.29, 1.82) is 10.5 Å². The molecule has 1 atom stereocenters. The number of hydrogen-bond donors (Lipinski definition) is 1. The average molecular weight is 576 g/mol. The minimum absolute atomic E-state index is 0.00390. The summed E-state index contributed by atoms with van der Waals surface area (Å²) in [6.07, 6.45) is 1.35. The van der Waals surface area contributed by atoms with Crippen molar-refractivity contribution in [1.82, 2.24) is 4.57 Å². The van der Waals surface area contributed by atoms with Gasteiger partial charge in [-0.2, -0.15) is 10.5 Å². The Labute approximate surface area is 200 Å². The minimum atomic E-state index is -1.09. The van der Waals surface area contributed by atoms with E-state index in [1.54, 1.807) is 0 Å². The molecule has 0 saturated carbocycles. The maximum atomic E-state index is 14.7. The highest BCUT2D eigenvalue weighted by molar-refractivity contribution is 9.10. The molecule has 4 rings (SSSR count). The van der Waals surface area contributed by atoms with Crippen LogP contribution in [0.25, 0.3) is 17.5 Å². The number of nitriles is 2. The summed E-state index contributed by atoms with van der Waals surface area (Å²) in [4.78, 5) is 13.1. The second-order valence-electron chi connectivity index (χ2n) is 6.76. The van der Waals surface area contributed by atoms with Gasteiger partial charge in [0.15, 0.2) is 0 Å². The zero-order chi connectivity index (χ0) is 23.2. The van der Waals surface area contributed by atoms with Crippen LogP contribution in [0.5, 0.6) is 0 Å². The molecule has 0 radical (unpaired) electrons. The Hall–Kier alpha value is -3.05. The Balaban J connectivity index is 2.10. The Morgan fingerprint density at radius 3 is 2.31 bits per heavy atom. The fourth-order valence-electron chi connectivity index (χ4n) is 3.46. The molecule has 1 aliphatic rings. The van der Waals surface area contributed by atoms with Crippen LogP contribution in [0.1, 0.15) is 17.0 Å². The number of hydrogen-bond acceptors (Lipinski definition) is 5. The van der Waals surface area contributed by atoms with Crippen LogP contribution in [0.15, 0.2) is 55.7 Å². The predicted molar refractivity (Wildman–Crippen MR) is 124 cm³/mol. The van der Waals surface area contributed by atoms with Gasteiger partial charge in [-0.15, -0.1) is 11.3 Å². The molecule has 0 bridgehead atoms. The zero-order valence-corrected chi connectivity index (χ0v) is 19.9. The molecule has 2 heterocycles. The van der Waals surface area contributed by atoms with Crippen LogP contribution in [0.3, 0.4) is 0 Å². The topological polar surface area (TPSA) is 95.6 Å². The maximum absolute atomic E-state index is 14.7. The van der Waals surface area contributed by atoms with Crippen molar-refractivity contribution in [2.45, 2.75) is 5.92 Å². The number of benzene rings is 2. The maximum Gasteiger partial charge on any atom is 0.274 e. The molecular weight excluding hydrogens is 566 g/mol. The standard InChI is InChI=1S/C22H10Br2F2N4OS/c23-11-1-3-16(25)10(5-11)6-18-21(31)30-20(29)14(8-27)19(15(9-28)22(30)32-18)13-7-12(24)2-4-17(13)26/h1-7,19H,29H2/b18-6+/t19-/m1/s1. The van der Waals surface area contributed by atoms with Gasteiger partial charge in [0.25, 0.3) is 5.56 Å². The summed E-state index contributed by atoms with van der Waals surface area (Å²) in [6.45, 7) is 0. The van der Waals surface area contributed by atoms with Crippen LogP contribution in [0.4, 0.5) is 8.78 Å². The fourth-order valence-corrected chi connectivity index (χ4v) is 5.34. The van der Waals surface area contributed by atoms with Gasteiger partial charge >= 0.3 is 0 Å². The van der Waals surface area contributed by atoms with Gasteiger partial charge in [0.1, 0.15) is 22.1 Å². The Morgan fingerprint density at radius 1 is 1.03 bits per heavy atom. The molecule has 5 nitrogen and oxygen atoms in total. The second-order valence-corrected chi connectivity index (χ2v) is 9.62. The Bertz CT molecular complexity index is 1590. The predicted octanol–water partition coefficient (Wildman–Crippen LogP) is 3.66. The van der Waals surface area contributed by atoms with Crippen LogP contribution in [-0.2, 0) is 0 Å². The van der Waals surface area contributed by atoms with E-state index in [9.17, 15) is 24.1 Å². The molecule has 0 amide bonds. The van der Waals surface area contributed by atoms with Crippen molar-refractivity contribution in [2.24, 2.45) is 5.73 Å². The lowest BCUT2D eigenvalue weighted by atomic mass is 9.84. The van der Waals surface area contributed by atoms with Crippen molar-refractivity contribution in [3.63, 3.8) is 0 Å². The zero-order valence-electron chi connectivity index (χ0n) is 15.9. The van der Waals surface area contributed by atoms with Gasteiger partial charge in [-0.25, -0.2) is 8.78 Å². The molecule has 3 aromatic rings. The molecule has 10 heteroatoms. The molecule has 0 fully saturated rings. The van der Waals surface area contributed by atoms with Crippen LogP contribution < -0.4 is 20.5 Å². The first-order valence-corrected chi connectivity index (χ1v) is 11.3.